The van der Waals surface area contributed by atoms with E-state index in [2.05, 4.69) is 0 Å². The highest BCUT2D eigenvalue weighted by molar-refractivity contribution is 7.33. The zero-order valence-electron chi connectivity index (χ0n) is 15.2. The Balaban J connectivity index is 1.63. The third-order valence-corrected chi connectivity index (χ3v) is 4.81. The number of halogens is 4. The van der Waals surface area contributed by atoms with Crippen LogP contribution in [0, 0.1) is 0 Å². The van der Waals surface area contributed by atoms with Crippen LogP contribution in [0.4, 0.5) is 0 Å². The Hall–Kier alpha value is -1.31. The molecule has 2 rings (SSSR count). The van der Waals surface area contributed by atoms with Gasteiger partial charge in [-0.3, -0.25) is 14.2 Å². The largest absolute Gasteiger partial charge is 0.486 e. The molecule has 2 aromatic rings. The lowest BCUT2D eigenvalue weighted by Gasteiger charge is -2.08. The summed E-state index contributed by atoms with van der Waals surface area (Å²) < 4.78 is 31.7. The first-order valence-corrected chi connectivity index (χ1v) is 11.0. The predicted octanol–water partition coefficient (Wildman–Crippen LogP) is 5.32. The van der Waals surface area contributed by atoms with Crippen LogP contribution in [0.1, 0.15) is 0 Å². The number of hydrogen-bond donors (Lipinski definition) is 0. The lowest BCUT2D eigenvalue weighted by atomic mass is 10.3. The highest BCUT2D eigenvalue weighted by atomic mass is 35.5. The molecule has 0 radical (unpaired) electrons. The number of ketones is 2. The quantitative estimate of drug-likeness (QED) is 0.353. The topological polar surface area (TPSA) is 88.1 Å². The van der Waals surface area contributed by atoms with E-state index >= 15 is 0 Å². The minimum absolute atomic E-state index is 0.302. The van der Waals surface area contributed by atoms with Gasteiger partial charge >= 0.3 is 8.25 Å². The summed E-state index contributed by atoms with van der Waals surface area (Å²) in [6, 6.07) is 8.97. The Bertz CT molecular complexity index is 825. The lowest BCUT2D eigenvalue weighted by molar-refractivity contribution is -0.123. The number of benzene rings is 2. The molecule has 2 aromatic carbocycles. The van der Waals surface area contributed by atoms with Gasteiger partial charge in [0.25, 0.3) is 0 Å². The number of carbonyl (C=O) groups excluding carboxylic acids is 2. The van der Waals surface area contributed by atoms with Crippen molar-refractivity contribution in [1.82, 2.24) is 0 Å². The van der Waals surface area contributed by atoms with Crippen molar-refractivity contribution in [2.45, 2.75) is 0 Å². The molecule has 0 saturated carbocycles. The SMILES string of the molecule is O=C(COc1cc(Cl)cc(Cl)c1)CO[PH](=O)OCC(=O)COc1cc(Cl)cc(Cl)c1. The normalized spacial score (nSPS) is 10.8. The molecule has 0 aliphatic heterocycles. The van der Waals surface area contributed by atoms with E-state index < -0.39 is 33.0 Å². The molecule has 0 aromatic heterocycles. The van der Waals surface area contributed by atoms with Gasteiger partial charge in [0.2, 0.25) is 0 Å². The summed E-state index contributed by atoms with van der Waals surface area (Å²) >= 11 is 23.3. The number of carbonyl (C=O) groups is 2. The molecule has 0 spiro atoms. The number of hydrogen-bond acceptors (Lipinski definition) is 7. The van der Waals surface area contributed by atoms with E-state index in [-0.39, 0.29) is 13.2 Å². The number of Topliss-reactive ketones (excluding diaryl/α,β-unsaturated/α-hetero) is 2. The van der Waals surface area contributed by atoms with Crippen molar-refractivity contribution in [3.8, 4) is 11.5 Å². The Kier molecular flexibility index (Phi) is 10.4. The summed E-state index contributed by atoms with van der Waals surface area (Å²) in [5.41, 5.74) is 0. The number of rotatable bonds is 12. The summed E-state index contributed by atoms with van der Waals surface area (Å²) in [6.07, 6.45) is 0. The van der Waals surface area contributed by atoms with E-state index in [1.54, 1.807) is 0 Å². The van der Waals surface area contributed by atoms with E-state index in [4.69, 9.17) is 64.9 Å². The van der Waals surface area contributed by atoms with Crippen LogP contribution >= 0.6 is 54.7 Å². The monoisotopic (exact) mass is 514 g/mol. The smallest absolute Gasteiger partial charge is 0.319 e. The van der Waals surface area contributed by atoms with Crippen molar-refractivity contribution in [1.29, 1.82) is 0 Å². The molecule has 0 unspecified atom stereocenters. The van der Waals surface area contributed by atoms with Gasteiger partial charge in [-0.15, -0.1) is 0 Å². The third-order valence-electron chi connectivity index (χ3n) is 3.17. The van der Waals surface area contributed by atoms with Gasteiger partial charge in [-0.2, -0.15) is 0 Å². The van der Waals surface area contributed by atoms with Crippen LogP contribution < -0.4 is 9.47 Å². The molecule has 12 heteroatoms. The Morgan fingerprint density at radius 3 is 1.30 bits per heavy atom. The Morgan fingerprint density at radius 2 is 0.967 bits per heavy atom. The zero-order chi connectivity index (χ0) is 22.1. The molecule has 0 atom stereocenters. The molecular weight excluding hydrogens is 501 g/mol. The average Bonchev–Trinajstić information content (AvgIpc) is 2.66. The van der Waals surface area contributed by atoms with Gasteiger partial charge in [0.15, 0.2) is 11.6 Å². The van der Waals surface area contributed by atoms with Crippen molar-refractivity contribution >= 4 is 66.2 Å². The fourth-order valence-corrected chi connectivity index (χ4v) is 3.61. The van der Waals surface area contributed by atoms with Crippen molar-refractivity contribution < 1.29 is 32.7 Å². The Morgan fingerprint density at radius 1 is 0.633 bits per heavy atom. The second-order valence-electron chi connectivity index (χ2n) is 5.69. The molecule has 7 nitrogen and oxygen atoms in total. The first-order valence-electron chi connectivity index (χ1n) is 8.22. The van der Waals surface area contributed by atoms with Gasteiger partial charge in [-0.05, 0) is 36.4 Å². The van der Waals surface area contributed by atoms with Crippen LogP contribution in [-0.4, -0.2) is 38.0 Å². The van der Waals surface area contributed by atoms with Crippen LogP contribution in [0.15, 0.2) is 36.4 Å². The molecule has 0 N–H and O–H groups in total. The number of ether oxygens (including phenoxy) is 2. The van der Waals surface area contributed by atoms with E-state index in [1.807, 2.05) is 0 Å². The molecule has 0 aliphatic carbocycles. The first-order chi connectivity index (χ1) is 14.2. The second kappa shape index (κ2) is 12.5. The molecule has 0 amide bonds. The fourth-order valence-electron chi connectivity index (χ4n) is 1.96. The molecule has 30 heavy (non-hydrogen) atoms. The van der Waals surface area contributed by atoms with Crippen molar-refractivity contribution in [2.24, 2.45) is 0 Å². The van der Waals surface area contributed by atoms with E-state index in [1.165, 1.54) is 36.4 Å². The standard InChI is InChI=1S/C18H15Cl4O7P/c19-11-1-12(20)4-17(3-11)26-7-15(23)9-28-30(25)29-10-16(24)8-27-18-5-13(21)2-14(22)6-18/h1-6,30H,7-10H2. The molecule has 0 bridgehead atoms. The van der Waals surface area contributed by atoms with Crippen LogP contribution in [0.25, 0.3) is 0 Å². The summed E-state index contributed by atoms with van der Waals surface area (Å²) in [5.74, 6) is -0.395. The van der Waals surface area contributed by atoms with Gasteiger partial charge in [-0.1, -0.05) is 46.4 Å². The molecule has 0 heterocycles. The predicted molar refractivity (Wildman–Crippen MR) is 115 cm³/mol. The Labute approximate surface area is 193 Å². The molecule has 0 aliphatic rings. The second-order valence-corrected chi connectivity index (χ2v) is 8.52. The summed E-state index contributed by atoms with van der Waals surface area (Å²) in [4.78, 5) is 23.5. The highest BCUT2D eigenvalue weighted by Gasteiger charge is 2.11. The maximum absolute atomic E-state index is 11.7. The molecular formula is C18H15Cl4O7P. The fraction of sp³-hybridized carbons (Fsp3) is 0.222. The van der Waals surface area contributed by atoms with Crippen LogP contribution in [0.2, 0.25) is 20.1 Å². The molecule has 162 valence electrons. The van der Waals surface area contributed by atoms with Crippen molar-refractivity contribution in [3.63, 3.8) is 0 Å². The minimum Gasteiger partial charge on any atom is -0.486 e. The van der Waals surface area contributed by atoms with Gasteiger partial charge in [0, 0.05) is 20.1 Å². The maximum Gasteiger partial charge on any atom is 0.319 e. The van der Waals surface area contributed by atoms with E-state index in [0.29, 0.717) is 31.6 Å². The highest BCUT2D eigenvalue weighted by Crippen LogP contribution is 2.26. The molecule has 0 fully saturated rings. The van der Waals surface area contributed by atoms with Gasteiger partial charge in [-0.25, -0.2) is 0 Å². The van der Waals surface area contributed by atoms with Crippen LogP contribution in [0.5, 0.6) is 11.5 Å². The van der Waals surface area contributed by atoms with Crippen LogP contribution in [-0.2, 0) is 23.2 Å². The van der Waals surface area contributed by atoms with Gasteiger partial charge in [0.1, 0.15) is 37.9 Å². The maximum atomic E-state index is 11.7. The molecule has 0 saturated heterocycles. The summed E-state index contributed by atoms with van der Waals surface area (Å²) in [6.45, 7) is -1.73. The first kappa shape index (κ1) is 25.0. The van der Waals surface area contributed by atoms with Crippen molar-refractivity contribution in [2.75, 3.05) is 26.4 Å². The lowest BCUT2D eigenvalue weighted by Crippen LogP contribution is -2.17. The average molecular weight is 516 g/mol. The van der Waals surface area contributed by atoms with E-state index in [0.717, 1.165) is 0 Å². The zero-order valence-corrected chi connectivity index (χ0v) is 19.2. The van der Waals surface area contributed by atoms with Crippen LogP contribution in [0.3, 0.4) is 0 Å². The van der Waals surface area contributed by atoms with Gasteiger partial charge < -0.3 is 18.5 Å². The summed E-state index contributed by atoms with van der Waals surface area (Å²) in [5, 5.41) is 1.41. The van der Waals surface area contributed by atoms with Crippen molar-refractivity contribution in [3.05, 3.63) is 56.5 Å². The summed E-state index contributed by atoms with van der Waals surface area (Å²) in [7, 11) is -3.06. The third kappa shape index (κ3) is 9.67. The van der Waals surface area contributed by atoms with Gasteiger partial charge in [0.05, 0.1) is 0 Å². The minimum atomic E-state index is -3.06. The van der Waals surface area contributed by atoms with E-state index in [9.17, 15) is 14.2 Å².